The second kappa shape index (κ2) is 12.4. The lowest BCUT2D eigenvalue weighted by Gasteiger charge is -2.42. The number of methoxy groups -OCH3 is 1. The summed E-state index contributed by atoms with van der Waals surface area (Å²) in [6.07, 6.45) is 1.09. The van der Waals surface area contributed by atoms with E-state index >= 15 is 4.39 Å². The minimum atomic E-state index is -4.49. The lowest BCUT2D eigenvalue weighted by atomic mass is 9.79. The van der Waals surface area contributed by atoms with Crippen LogP contribution in [0.1, 0.15) is 51.5 Å². The van der Waals surface area contributed by atoms with Crippen LogP contribution in [0, 0.1) is 17.8 Å². The zero-order chi connectivity index (χ0) is 32.0. The molecule has 1 aliphatic carbocycles. The molecule has 3 heterocycles. The van der Waals surface area contributed by atoms with E-state index in [1.165, 1.54) is 6.08 Å². The van der Waals surface area contributed by atoms with Crippen LogP contribution in [0.25, 0.3) is 0 Å². The summed E-state index contributed by atoms with van der Waals surface area (Å²) in [6.45, 7) is 7.88. The van der Waals surface area contributed by atoms with E-state index in [0.29, 0.717) is 51.2 Å². The van der Waals surface area contributed by atoms with Gasteiger partial charge in [-0.1, -0.05) is 30.4 Å². The average Bonchev–Trinajstić information content (AvgIpc) is 3.62. The number of allylic oxidation sites excluding steroid dienone is 2. The third-order valence-corrected chi connectivity index (χ3v) is 10.4. The molecule has 5 rings (SSSR count). The minimum absolute atomic E-state index is 0.0366. The Hall–Kier alpha value is -2.43. The predicted octanol–water partition coefficient (Wildman–Crippen LogP) is 5.97. The van der Waals surface area contributed by atoms with Gasteiger partial charge >= 0.3 is 6.18 Å². The second-order valence-electron chi connectivity index (χ2n) is 13.7. The lowest BCUT2D eigenvalue weighted by Crippen LogP contribution is -2.51. The Morgan fingerprint density at radius 1 is 1.00 bits per heavy atom. The molecule has 44 heavy (non-hydrogen) atoms. The van der Waals surface area contributed by atoms with Crippen molar-refractivity contribution in [2.45, 2.75) is 69.4 Å². The first-order valence-corrected chi connectivity index (χ1v) is 15.8. The molecule has 242 valence electrons. The Bertz CT molecular complexity index is 1290. The summed E-state index contributed by atoms with van der Waals surface area (Å²) in [4.78, 5) is 31.4. The number of ether oxygens (including phenoxy) is 1. The summed E-state index contributed by atoms with van der Waals surface area (Å²) in [7, 11) is 1.56. The number of hydrogen-bond donors (Lipinski definition) is 0. The van der Waals surface area contributed by atoms with Crippen LogP contribution in [-0.4, -0.2) is 95.7 Å². The van der Waals surface area contributed by atoms with Gasteiger partial charge in [0.25, 0.3) is 5.91 Å². The van der Waals surface area contributed by atoms with Crippen molar-refractivity contribution in [3.05, 3.63) is 53.6 Å². The van der Waals surface area contributed by atoms with Crippen LogP contribution >= 0.6 is 11.6 Å². The van der Waals surface area contributed by atoms with Gasteiger partial charge in [0.05, 0.1) is 12.7 Å². The first kappa shape index (κ1) is 32.9. The number of amides is 1. The number of piperidine rings is 1. The van der Waals surface area contributed by atoms with Crippen molar-refractivity contribution >= 4 is 22.8 Å². The fourth-order valence-corrected chi connectivity index (χ4v) is 7.60. The monoisotopic (exact) mass is 639 g/mol. The summed E-state index contributed by atoms with van der Waals surface area (Å²) in [5.74, 6) is -1.31. The molecule has 1 amide bonds. The highest BCUT2D eigenvalue weighted by atomic mass is 35.5. The van der Waals surface area contributed by atoms with Crippen LogP contribution in [0.5, 0.6) is 5.75 Å². The number of hydrogen-bond acceptors (Lipinski definition) is 5. The number of carbonyl (C=O) groups excluding carboxylic acids is 2. The summed E-state index contributed by atoms with van der Waals surface area (Å²) in [5.41, 5.74) is -2.48. The number of rotatable bonds is 6. The number of carbonyl (C=O) groups is 2. The smallest absolute Gasteiger partial charge is 0.416 e. The van der Waals surface area contributed by atoms with E-state index in [4.69, 9.17) is 16.3 Å². The normalized spacial score (nSPS) is 30.9. The summed E-state index contributed by atoms with van der Waals surface area (Å²) in [5, 5.41) is -0.411. The first-order valence-electron chi connectivity index (χ1n) is 15.4. The van der Waals surface area contributed by atoms with Crippen molar-refractivity contribution in [3.8, 4) is 5.75 Å². The summed E-state index contributed by atoms with van der Waals surface area (Å²) in [6, 6.07) is 6.63. The standard InChI is InChI=1S/C33H42ClF4N3O3/c1-31(2,3)41-19-27(21-5-8-25(44-4)9-6-21)32(35,20-41)30(43)40-16-13-23(18-40)26-10-7-24(33(36,37)38)17-28(26)39-14-11-22(12-15-39)29(34)42/h5-10,17,22-23,26-28H,11-16,18-20H2,1-4H3/t23-,26?,27+,28?,32+/m1/s1. The van der Waals surface area contributed by atoms with E-state index in [-0.39, 0.29) is 36.4 Å². The van der Waals surface area contributed by atoms with Gasteiger partial charge in [0.1, 0.15) is 5.75 Å². The fraction of sp³-hybridized carbons (Fsp3) is 0.636. The third kappa shape index (κ3) is 6.58. The quantitative estimate of drug-likeness (QED) is 0.284. The molecule has 4 aliphatic rings. The molecule has 3 aliphatic heterocycles. The average molecular weight is 640 g/mol. The maximum Gasteiger partial charge on any atom is 0.416 e. The summed E-state index contributed by atoms with van der Waals surface area (Å²) < 4.78 is 63.8. The van der Waals surface area contributed by atoms with Crippen LogP contribution in [0.2, 0.25) is 0 Å². The van der Waals surface area contributed by atoms with E-state index < -0.39 is 40.5 Å². The lowest BCUT2D eigenvalue weighted by molar-refractivity contribution is -0.143. The Morgan fingerprint density at radius 3 is 2.23 bits per heavy atom. The number of halogens is 5. The highest BCUT2D eigenvalue weighted by Gasteiger charge is 2.57. The highest BCUT2D eigenvalue weighted by Crippen LogP contribution is 2.45. The zero-order valence-electron chi connectivity index (χ0n) is 25.7. The van der Waals surface area contributed by atoms with Crippen LogP contribution in [-0.2, 0) is 9.59 Å². The molecule has 1 aromatic carbocycles. The Balaban J connectivity index is 1.36. The van der Waals surface area contributed by atoms with E-state index in [1.807, 2.05) is 42.7 Å². The van der Waals surface area contributed by atoms with Crippen molar-refractivity contribution < 1.29 is 31.9 Å². The van der Waals surface area contributed by atoms with Gasteiger partial charge in [0, 0.05) is 55.5 Å². The van der Waals surface area contributed by atoms with E-state index in [9.17, 15) is 22.8 Å². The fourth-order valence-electron chi connectivity index (χ4n) is 7.38. The maximum atomic E-state index is 17.2. The molecule has 1 aromatic rings. The Morgan fingerprint density at radius 2 is 1.66 bits per heavy atom. The number of likely N-dealkylation sites (tertiary alicyclic amines) is 3. The van der Waals surface area contributed by atoms with E-state index in [1.54, 1.807) is 30.2 Å². The molecular weight excluding hydrogens is 598 g/mol. The number of benzene rings is 1. The molecule has 0 bridgehead atoms. The predicted molar refractivity (Wildman–Crippen MR) is 161 cm³/mol. The zero-order valence-corrected chi connectivity index (χ0v) is 26.5. The van der Waals surface area contributed by atoms with Crippen LogP contribution in [0.3, 0.4) is 0 Å². The molecule has 0 spiro atoms. The van der Waals surface area contributed by atoms with E-state index in [2.05, 4.69) is 0 Å². The van der Waals surface area contributed by atoms with Crippen LogP contribution in [0.15, 0.2) is 48.1 Å². The first-order chi connectivity index (χ1) is 20.6. The molecule has 5 atom stereocenters. The van der Waals surface area contributed by atoms with Crippen molar-refractivity contribution in [1.29, 1.82) is 0 Å². The topological polar surface area (TPSA) is 53.1 Å². The SMILES string of the molecule is COc1ccc([C@@H]2CN(C(C)(C)C)C[C@@]2(F)C(=O)N2CC[C@@H](C3C=CC(C(F)(F)F)=CC3N3CCC(C(=O)Cl)CC3)C2)cc1. The largest absolute Gasteiger partial charge is 0.497 e. The molecular formula is C33H42ClF4N3O3. The van der Waals surface area contributed by atoms with Crippen molar-refractivity contribution in [2.24, 2.45) is 17.8 Å². The Labute approximate surface area is 262 Å². The van der Waals surface area contributed by atoms with Gasteiger partial charge in [0.2, 0.25) is 10.9 Å². The molecule has 0 saturated carbocycles. The van der Waals surface area contributed by atoms with E-state index in [0.717, 1.165) is 11.6 Å². The molecule has 0 aromatic heterocycles. The van der Waals surface area contributed by atoms with Crippen LogP contribution < -0.4 is 4.74 Å². The number of nitrogens with zero attached hydrogens (tertiary/aromatic N) is 3. The van der Waals surface area contributed by atoms with Gasteiger partial charge in [-0.3, -0.25) is 19.4 Å². The molecule has 3 fully saturated rings. The molecule has 0 radical (unpaired) electrons. The minimum Gasteiger partial charge on any atom is -0.497 e. The van der Waals surface area contributed by atoms with Gasteiger partial charge in [-0.2, -0.15) is 13.2 Å². The summed E-state index contributed by atoms with van der Waals surface area (Å²) >= 11 is 5.71. The maximum absolute atomic E-state index is 17.2. The van der Waals surface area contributed by atoms with Gasteiger partial charge in [0.15, 0.2) is 0 Å². The molecule has 0 N–H and O–H groups in total. The van der Waals surface area contributed by atoms with Gasteiger partial charge in [-0.25, -0.2) is 4.39 Å². The van der Waals surface area contributed by atoms with Gasteiger partial charge < -0.3 is 9.64 Å². The van der Waals surface area contributed by atoms with Gasteiger partial charge in [-0.05, 0) is 88.3 Å². The molecule has 3 saturated heterocycles. The van der Waals surface area contributed by atoms with Crippen molar-refractivity contribution in [2.75, 3.05) is 46.4 Å². The molecule has 11 heteroatoms. The molecule has 2 unspecified atom stereocenters. The second-order valence-corrected chi connectivity index (χ2v) is 14.1. The Kier molecular flexibility index (Phi) is 9.29. The van der Waals surface area contributed by atoms with Crippen molar-refractivity contribution in [1.82, 2.24) is 14.7 Å². The molecule has 6 nitrogen and oxygen atoms in total. The van der Waals surface area contributed by atoms with Crippen LogP contribution in [0.4, 0.5) is 17.6 Å². The van der Waals surface area contributed by atoms with Gasteiger partial charge in [-0.15, -0.1) is 0 Å². The highest BCUT2D eigenvalue weighted by molar-refractivity contribution is 6.64. The van der Waals surface area contributed by atoms with Crippen molar-refractivity contribution in [3.63, 3.8) is 0 Å². The number of alkyl halides is 4. The third-order valence-electron chi connectivity index (χ3n) is 10.1.